The molecule has 254 valence electrons. The number of rotatable bonds is 13. The molecule has 2 aliphatic rings. The van der Waals surface area contributed by atoms with Gasteiger partial charge in [-0.1, -0.05) is 74.7 Å². The van der Waals surface area contributed by atoms with Crippen molar-refractivity contribution in [1.82, 2.24) is 4.90 Å². The van der Waals surface area contributed by atoms with Crippen molar-refractivity contribution in [2.75, 3.05) is 31.6 Å². The molecule has 5 rings (SSSR count). The molecule has 2 heterocycles. The standard InChI is InChI=1S/C37H42F6N2O2/c1-2-3-15-35(31-13-7-8-14-32(31)44-33(35)46)16-9-10-19-45-20-17-34(18-21-45,28-11-5-4-6-12-28)26-47-25-27-22-29(36(38,39)40)24-30(23-27)37(41,42)43/h4-8,11-14,22-24H,2-3,9-10,15-21,25-26H2,1H3,(H,44,46). The van der Waals surface area contributed by atoms with E-state index in [1.165, 1.54) is 0 Å². The zero-order valence-corrected chi connectivity index (χ0v) is 26.7. The number of nitrogens with one attached hydrogen (secondary N) is 1. The fourth-order valence-electron chi connectivity index (χ4n) is 7.22. The quantitative estimate of drug-likeness (QED) is 0.147. The molecule has 1 amide bonds. The van der Waals surface area contributed by atoms with E-state index in [9.17, 15) is 31.1 Å². The first-order valence-corrected chi connectivity index (χ1v) is 16.4. The summed E-state index contributed by atoms with van der Waals surface area (Å²) < 4.78 is 86.2. The molecule has 3 aromatic rings. The molecule has 47 heavy (non-hydrogen) atoms. The largest absolute Gasteiger partial charge is 0.416 e. The average Bonchev–Trinajstić information content (AvgIpc) is 3.33. The number of nitrogens with zero attached hydrogens (tertiary/aromatic N) is 1. The van der Waals surface area contributed by atoms with Crippen LogP contribution in [0.2, 0.25) is 0 Å². The molecule has 0 saturated carbocycles. The summed E-state index contributed by atoms with van der Waals surface area (Å²) in [6.45, 7) is 4.40. The number of anilines is 1. The van der Waals surface area contributed by atoms with Crippen LogP contribution in [0.15, 0.2) is 72.8 Å². The number of amides is 1. The molecule has 4 nitrogen and oxygen atoms in total. The summed E-state index contributed by atoms with van der Waals surface area (Å²) in [6.07, 6.45) is -2.86. The van der Waals surface area contributed by atoms with Gasteiger partial charge in [0, 0.05) is 11.1 Å². The monoisotopic (exact) mass is 660 g/mol. The molecular formula is C37H42F6N2O2. The molecule has 0 spiro atoms. The number of carbonyl (C=O) groups is 1. The van der Waals surface area contributed by atoms with Crippen LogP contribution in [0.4, 0.5) is 32.0 Å². The summed E-state index contributed by atoms with van der Waals surface area (Å²) >= 11 is 0. The number of unbranched alkanes of at least 4 members (excludes halogenated alkanes) is 2. The van der Waals surface area contributed by atoms with Gasteiger partial charge in [0.1, 0.15) is 0 Å². The van der Waals surface area contributed by atoms with Crippen LogP contribution in [0.3, 0.4) is 0 Å². The molecular weight excluding hydrogens is 618 g/mol. The van der Waals surface area contributed by atoms with E-state index in [0.29, 0.717) is 0 Å². The first-order chi connectivity index (χ1) is 22.4. The zero-order valence-electron chi connectivity index (χ0n) is 26.7. The van der Waals surface area contributed by atoms with Crippen molar-refractivity contribution in [2.24, 2.45) is 0 Å². The smallest absolute Gasteiger partial charge is 0.376 e. The van der Waals surface area contributed by atoms with E-state index < -0.39 is 34.3 Å². The average molecular weight is 661 g/mol. The van der Waals surface area contributed by atoms with E-state index in [1.54, 1.807) is 0 Å². The summed E-state index contributed by atoms with van der Waals surface area (Å²) in [7, 11) is 0. The van der Waals surface area contributed by atoms with E-state index in [4.69, 9.17) is 4.74 Å². The van der Waals surface area contributed by atoms with Gasteiger partial charge < -0.3 is 15.0 Å². The second-order valence-electron chi connectivity index (χ2n) is 13.0. The van der Waals surface area contributed by atoms with Crippen molar-refractivity contribution >= 4 is 11.6 Å². The Kier molecular flexibility index (Phi) is 10.7. The lowest BCUT2D eigenvalue weighted by Crippen LogP contribution is -2.45. The highest BCUT2D eigenvalue weighted by atomic mass is 19.4. The lowest BCUT2D eigenvalue weighted by Gasteiger charge is -2.42. The number of fused-ring (bicyclic) bond motifs is 1. The first-order valence-electron chi connectivity index (χ1n) is 16.4. The Hall–Kier alpha value is -3.37. The maximum atomic E-state index is 13.4. The van der Waals surface area contributed by atoms with Gasteiger partial charge in [0.2, 0.25) is 5.91 Å². The Morgan fingerprint density at radius 3 is 2.06 bits per heavy atom. The third-order valence-corrected chi connectivity index (χ3v) is 9.90. The minimum absolute atomic E-state index is 0.0949. The third-order valence-electron chi connectivity index (χ3n) is 9.90. The summed E-state index contributed by atoms with van der Waals surface area (Å²) in [5.41, 5.74) is -0.693. The second-order valence-corrected chi connectivity index (χ2v) is 13.0. The minimum Gasteiger partial charge on any atom is -0.376 e. The number of para-hydroxylation sites is 1. The number of benzene rings is 3. The number of ether oxygens (including phenoxy) is 1. The number of likely N-dealkylation sites (tertiary alicyclic amines) is 1. The molecule has 1 N–H and O–H groups in total. The van der Waals surface area contributed by atoms with Crippen LogP contribution in [0.5, 0.6) is 0 Å². The van der Waals surface area contributed by atoms with Crippen LogP contribution >= 0.6 is 0 Å². The fraction of sp³-hybridized carbons (Fsp3) is 0.486. The second kappa shape index (κ2) is 14.4. The predicted octanol–water partition coefficient (Wildman–Crippen LogP) is 9.53. The lowest BCUT2D eigenvalue weighted by molar-refractivity contribution is -0.143. The van der Waals surface area contributed by atoms with E-state index in [-0.39, 0.29) is 30.8 Å². The summed E-state index contributed by atoms with van der Waals surface area (Å²) in [4.78, 5) is 15.6. The third kappa shape index (κ3) is 8.03. The Bertz CT molecular complexity index is 1470. The topological polar surface area (TPSA) is 41.6 Å². The molecule has 1 fully saturated rings. The van der Waals surface area contributed by atoms with E-state index in [1.807, 2.05) is 48.5 Å². The number of hydrogen-bond acceptors (Lipinski definition) is 3. The van der Waals surface area contributed by atoms with Gasteiger partial charge in [-0.3, -0.25) is 4.79 Å². The van der Waals surface area contributed by atoms with Gasteiger partial charge in [0.05, 0.1) is 29.8 Å². The van der Waals surface area contributed by atoms with Crippen molar-refractivity contribution in [3.8, 4) is 0 Å². The number of halogens is 6. The normalized spacial score (nSPS) is 19.9. The van der Waals surface area contributed by atoms with E-state index in [0.717, 1.165) is 99.9 Å². The highest BCUT2D eigenvalue weighted by Crippen LogP contribution is 2.45. The van der Waals surface area contributed by atoms with Gasteiger partial charge in [0.25, 0.3) is 0 Å². The molecule has 1 unspecified atom stereocenters. The zero-order chi connectivity index (χ0) is 33.7. The maximum absolute atomic E-state index is 13.4. The van der Waals surface area contributed by atoms with Gasteiger partial charge in [-0.25, -0.2) is 0 Å². The fourth-order valence-corrected chi connectivity index (χ4v) is 7.22. The van der Waals surface area contributed by atoms with Gasteiger partial charge in [-0.15, -0.1) is 0 Å². The van der Waals surface area contributed by atoms with Gasteiger partial charge in [-0.05, 0) is 92.7 Å². The maximum Gasteiger partial charge on any atom is 0.416 e. The number of hydrogen-bond donors (Lipinski definition) is 1. The molecule has 1 saturated heterocycles. The van der Waals surface area contributed by atoms with Crippen molar-refractivity contribution in [3.05, 3.63) is 101 Å². The van der Waals surface area contributed by atoms with Crippen molar-refractivity contribution < 1.29 is 35.9 Å². The highest BCUT2D eigenvalue weighted by Gasteiger charge is 2.45. The number of piperidine rings is 1. The van der Waals surface area contributed by atoms with Gasteiger partial charge in [0.15, 0.2) is 0 Å². The number of carbonyl (C=O) groups excluding carboxylic acids is 1. The van der Waals surface area contributed by atoms with E-state index >= 15 is 0 Å². The van der Waals surface area contributed by atoms with Crippen molar-refractivity contribution in [3.63, 3.8) is 0 Å². The Morgan fingerprint density at radius 1 is 0.809 bits per heavy atom. The lowest BCUT2D eigenvalue weighted by atomic mass is 9.73. The summed E-state index contributed by atoms with van der Waals surface area (Å²) in [5, 5.41) is 3.10. The summed E-state index contributed by atoms with van der Waals surface area (Å²) in [6, 6.07) is 19.3. The Balaban J connectivity index is 1.20. The first kappa shape index (κ1) is 35.0. The molecule has 0 aliphatic carbocycles. The van der Waals surface area contributed by atoms with Crippen LogP contribution < -0.4 is 5.32 Å². The van der Waals surface area contributed by atoms with E-state index in [2.05, 4.69) is 23.2 Å². The highest BCUT2D eigenvalue weighted by molar-refractivity contribution is 6.06. The van der Waals surface area contributed by atoms with Crippen LogP contribution in [0.1, 0.15) is 86.1 Å². The molecule has 2 aliphatic heterocycles. The number of alkyl halides is 6. The van der Waals surface area contributed by atoms with Crippen LogP contribution in [0, 0.1) is 0 Å². The van der Waals surface area contributed by atoms with Crippen molar-refractivity contribution in [2.45, 2.75) is 88.1 Å². The molecule has 0 aromatic heterocycles. The molecule has 3 aromatic carbocycles. The van der Waals surface area contributed by atoms with Gasteiger partial charge in [-0.2, -0.15) is 26.3 Å². The molecule has 10 heteroatoms. The SMILES string of the molecule is CCCCC1(CCCCN2CCC(COCc3cc(C(F)(F)F)cc(C(F)(F)F)c3)(c3ccccc3)CC2)C(=O)Nc2ccccc21. The Morgan fingerprint density at radius 2 is 1.43 bits per heavy atom. The molecule has 0 radical (unpaired) electrons. The van der Waals surface area contributed by atoms with Crippen LogP contribution in [-0.2, 0) is 39.3 Å². The summed E-state index contributed by atoms with van der Waals surface area (Å²) in [5.74, 6) is 0.0949. The minimum atomic E-state index is -4.90. The predicted molar refractivity (Wildman–Crippen MR) is 170 cm³/mol. The molecule has 0 bridgehead atoms. The van der Waals surface area contributed by atoms with Crippen LogP contribution in [-0.4, -0.2) is 37.0 Å². The Labute approximate surface area is 272 Å². The van der Waals surface area contributed by atoms with Crippen molar-refractivity contribution in [1.29, 1.82) is 0 Å². The van der Waals surface area contributed by atoms with Crippen LogP contribution in [0.25, 0.3) is 0 Å². The van der Waals surface area contributed by atoms with Gasteiger partial charge >= 0.3 is 12.4 Å². The molecule has 1 atom stereocenters.